The number of carbonyl (C=O) groups is 1. The van der Waals surface area contributed by atoms with Crippen LogP contribution in [-0.4, -0.2) is 30.4 Å². The molecule has 1 saturated heterocycles. The van der Waals surface area contributed by atoms with Crippen molar-refractivity contribution in [2.24, 2.45) is 0 Å². The molecule has 1 aliphatic rings. The zero-order valence-corrected chi connectivity index (χ0v) is 14.8. The van der Waals surface area contributed by atoms with Gasteiger partial charge in [0.05, 0.1) is 5.54 Å². The molecule has 130 valence electrons. The molecule has 4 rings (SSSR count). The van der Waals surface area contributed by atoms with E-state index in [4.69, 9.17) is 0 Å². The summed E-state index contributed by atoms with van der Waals surface area (Å²) in [5.41, 5.74) is 3.03. The molecule has 1 aliphatic heterocycles. The van der Waals surface area contributed by atoms with Crippen LogP contribution in [0.2, 0.25) is 0 Å². The average molecular weight is 342 g/mol. The minimum atomic E-state index is -0.485. The number of nitrogens with zero attached hydrogens (tertiary/aromatic N) is 1. The minimum absolute atomic E-state index is 0.0668. The van der Waals surface area contributed by atoms with Gasteiger partial charge >= 0.3 is 0 Å². The van der Waals surface area contributed by atoms with Crippen LogP contribution in [0.3, 0.4) is 0 Å². The van der Waals surface area contributed by atoms with Crippen LogP contribution in [0.15, 0.2) is 91.0 Å². The van der Waals surface area contributed by atoms with E-state index in [-0.39, 0.29) is 11.9 Å². The van der Waals surface area contributed by atoms with E-state index < -0.39 is 5.54 Å². The van der Waals surface area contributed by atoms with E-state index in [1.54, 1.807) is 7.05 Å². The van der Waals surface area contributed by atoms with Crippen molar-refractivity contribution >= 4 is 5.91 Å². The molecule has 26 heavy (non-hydrogen) atoms. The second kappa shape index (κ2) is 6.77. The lowest BCUT2D eigenvalue weighted by molar-refractivity contribution is -0.121. The minimum Gasteiger partial charge on any atom is -0.358 e. The molecule has 1 heterocycles. The number of nitrogens with one attached hydrogen (secondary N) is 1. The van der Waals surface area contributed by atoms with Crippen molar-refractivity contribution in [2.75, 3.05) is 13.6 Å². The van der Waals surface area contributed by atoms with Gasteiger partial charge in [0, 0.05) is 13.6 Å². The molecular formula is C23H22N2O. The number of benzene rings is 3. The number of amides is 1. The van der Waals surface area contributed by atoms with Gasteiger partial charge in [-0.3, -0.25) is 9.69 Å². The second-order valence-corrected chi connectivity index (χ2v) is 6.59. The fraction of sp³-hybridized carbons (Fsp3) is 0.174. The van der Waals surface area contributed by atoms with Gasteiger partial charge in [-0.2, -0.15) is 0 Å². The molecule has 2 unspecified atom stereocenters. The van der Waals surface area contributed by atoms with Crippen molar-refractivity contribution in [3.8, 4) is 0 Å². The van der Waals surface area contributed by atoms with E-state index in [0.29, 0.717) is 0 Å². The molecule has 1 fully saturated rings. The monoisotopic (exact) mass is 342 g/mol. The first kappa shape index (κ1) is 16.6. The summed E-state index contributed by atoms with van der Waals surface area (Å²) in [4.78, 5) is 14.7. The highest BCUT2D eigenvalue weighted by atomic mass is 16.2. The highest BCUT2D eigenvalue weighted by molar-refractivity contribution is 5.85. The number of likely N-dealkylation sites (N-methyl/N-ethyl adjacent to an activating group) is 1. The molecule has 0 radical (unpaired) electrons. The Morgan fingerprint density at radius 1 is 0.808 bits per heavy atom. The van der Waals surface area contributed by atoms with Gasteiger partial charge in [0.2, 0.25) is 5.91 Å². The molecular weight excluding hydrogens is 320 g/mol. The Hall–Kier alpha value is -2.91. The van der Waals surface area contributed by atoms with Crippen molar-refractivity contribution < 1.29 is 4.79 Å². The lowest BCUT2D eigenvalue weighted by Gasteiger charge is -2.38. The van der Waals surface area contributed by atoms with E-state index in [9.17, 15) is 4.79 Å². The number of carbonyl (C=O) groups excluding carboxylic acids is 1. The van der Waals surface area contributed by atoms with Gasteiger partial charge in [-0.25, -0.2) is 0 Å². The molecule has 1 amide bonds. The highest BCUT2D eigenvalue weighted by Gasteiger charge is 2.55. The Kier molecular flexibility index (Phi) is 4.31. The average Bonchev–Trinajstić information content (AvgIpc) is 3.52. The smallest absolute Gasteiger partial charge is 0.238 e. The van der Waals surface area contributed by atoms with Crippen LogP contribution in [0.1, 0.15) is 16.7 Å². The molecule has 0 aromatic heterocycles. The molecule has 2 atom stereocenters. The lowest BCUT2D eigenvalue weighted by Crippen LogP contribution is -2.41. The standard InChI is InChI=1S/C23H22N2O/c1-24-22(26)21-17-25(21)23(18-11-5-2-6-12-18,19-13-7-3-8-14-19)20-15-9-4-10-16-20/h2-16,21H,17H2,1H3,(H,24,26). The fourth-order valence-electron chi connectivity index (χ4n) is 3.94. The first-order valence-electron chi connectivity index (χ1n) is 8.93. The van der Waals surface area contributed by atoms with Gasteiger partial charge in [-0.05, 0) is 16.7 Å². The zero-order valence-electron chi connectivity index (χ0n) is 14.8. The molecule has 0 saturated carbocycles. The third kappa shape index (κ3) is 2.61. The van der Waals surface area contributed by atoms with E-state index >= 15 is 0 Å². The van der Waals surface area contributed by atoms with Gasteiger partial charge in [0.1, 0.15) is 6.04 Å². The molecule has 3 aromatic carbocycles. The summed E-state index contributed by atoms with van der Waals surface area (Å²) >= 11 is 0. The van der Waals surface area contributed by atoms with Crippen LogP contribution >= 0.6 is 0 Å². The van der Waals surface area contributed by atoms with E-state index in [1.807, 2.05) is 18.2 Å². The number of hydrogen-bond donors (Lipinski definition) is 1. The Morgan fingerprint density at radius 3 is 1.54 bits per heavy atom. The second-order valence-electron chi connectivity index (χ2n) is 6.59. The normalized spacial score (nSPS) is 19.0. The summed E-state index contributed by atoms with van der Waals surface area (Å²) in [7, 11) is 1.70. The Balaban J connectivity index is 1.97. The van der Waals surface area contributed by atoms with Crippen LogP contribution in [-0.2, 0) is 10.3 Å². The molecule has 1 N–H and O–H groups in total. The Bertz CT molecular complexity index is 781. The number of hydrogen-bond acceptors (Lipinski definition) is 2. The first-order valence-corrected chi connectivity index (χ1v) is 8.93. The van der Waals surface area contributed by atoms with Crippen LogP contribution in [0, 0.1) is 0 Å². The SMILES string of the molecule is CNC(=O)C1CN1C(c1ccccc1)(c1ccccc1)c1ccccc1. The maximum Gasteiger partial charge on any atom is 0.238 e. The van der Waals surface area contributed by atoms with Crippen molar-refractivity contribution in [1.29, 1.82) is 0 Å². The molecule has 0 bridgehead atoms. The fourth-order valence-corrected chi connectivity index (χ4v) is 3.94. The van der Waals surface area contributed by atoms with Gasteiger partial charge in [0.25, 0.3) is 0 Å². The highest BCUT2D eigenvalue weighted by Crippen LogP contribution is 2.48. The van der Waals surface area contributed by atoms with Gasteiger partial charge in [-0.1, -0.05) is 91.0 Å². The Morgan fingerprint density at radius 2 is 1.19 bits per heavy atom. The topological polar surface area (TPSA) is 32.1 Å². The predicted molar refractivity (Wildman–Crippen MR) is 104 cm³/mol. The van der Waals surface area contributed by atoms with E-state index in [2.05, 4.69) is 83.0 Å². The van der Waals surface area contributed by atoms with Gasteiger partial charge in [0.15, 0.2) is 0 Å². The van der Waals surface area contributed by atoms with Crippen molar-refractivity contribution in [3.05, 3.63) is 108 Å². The van der Waals surface area contributed by atoms with E-state index in [1.165, 1.54) is 16.7 Å². The summed E-state index contributed by atoms with van der Waals surface area (Å²) < 4.78 is 0. The maximum absolute atomic E-state index is 12.4. The number of rotatable bonds is 5. The summed E-state index contributed by atoms with van der Waals surface area (Å²) in [5, 5.41) is 2.80. The molecule has 0 aliphatic carbocycles. The lowest BCUT2D eigenvalue weighted by atomic mass is 9.76. The quantitative estimate of drug-likeness (QED) is 0.569. The molecule has 3 aromatic rings. The van der Waals surface area contributed by atoms with Crippen molar-refractivity contribution in [3.63, 3.8) is 0 Å². The largest absolute Gasteiger partial charge is 0.358 e. The third-order valence-electron chi connectivity index (χ3n) is 5.17. The summed E-state index contributed by atoms with van der Waals surface area (Å²) in [6, 6.07) is 31.3. The van der Waals surface area contributed by atoms with Crippen LogP contribution in [0.4, 0.5) is 0 Å². The van der Waals surface area contributed by atoms with Gasteiger partial charge < -0.3 is 5.32 Å². The first-order chi connectivity index (χ1) is 12.8. The molecule has 0 spiro atoms. The maximum atomic E-state index is 12.4. The van der Waals surface area contributed by atoms with E-state index in [0.717, 1.165) is 6.54 Å². The van der Waals surface area contributed by atoms with Gasteiger partial charge in [-0.15, -0.1) is 0 Å². The molecule has 3 heteroatoms. The zero-order chi connectivity index (χ0) is 18.0. The van der Waals surface area contributed by atoms with Crippen LogP contribution in [0.5, 0.6) is 0 Å². The Labute approximate surface area is 154 Å². The summed E-state index contributed by atoms with van der Waals surface area (Å²) in [5.74, 6) is 0.0668. The third-order valence-corrected chi connectivity index (χ3v) is 5.17. The van der Waals surface area contributed by atoms with Crippen molar-refractivity contribution in [1.82, 2.24) is 10.2 Å². The summed E-state index contributed by atoms with van der Waals surface area (Å²) in [6.07, 6.45) is 0. The van der Waals surface area contributed by atoms with Crippen LogP contribution in [0.25, 0.3) is 0 Å². The summed E-state index contributed by atoms with van der Waals surface area (Å²) in [6.45, 7) is 0.734. The van der Waals surface area contributed by atoms with Crippen molar-refractivity contribution in [2.45, 2.75) is 11.6 Å². The predicted octanol–water partition coefficient (Wildman–Crippen LogP) is 3.41. The molecule has 3 nitrogen and oxygen atoms in total. The van der Waals surface area contributed by atoms with Crippen LogP contribution < -0.4 is 5.32 Å².